The maximum absolute atomic E-state index is 14.1. The van der Waals surface area contributed by atoms with E-state index in [4.69, 9.17) is 0 Å². The molecule has 2 aliphatic rings. The highest BCUT2D eigenvalue weighted by Gasteiger charge is 2.37. The Morgan fingerprint density at radius 3 is 2.30 bits per heavy atom. The standard InChI is InChI=1S/C16H18F4N2O/c17-14-12(2-1-3-13(14)16(18,19)20)15(23)22-6-4-10-8-21-9-11(10)5-7-22/h1-3,10-11,21H,4-9H2/t10-,11+. The Bertz CT molecular complexity index is 588. The molecule has 2 saturated heterocycles. The topological polar surface area (TPSA) is 32.3 Å². The van der Waals surface area contributed by atoms with Crippen LogP contribution in [-0.4, -0.2) is 37.0 Å². The first kappa shape index (κ1) is 16.2. The summed E-state index contributed by atoms with van der Waals surface area (Å²) in [5.74, 6) is -1.16. The van der Waals surface area contributed by atoms with E-state index >= 15 is 0 Å². The Morgan fingerprint density at radius 1 is 1.13 bits per heavy atom. The lowest BCUT2D eigenvalue weighted by Crippen LogP contribution is -2.33. The van der Waals surface area contributed by atoms with Crippen LogP contribution in [0, 0.1) is 17.7 Å². The highest BCUT2D eigenvalue weighted by Crippen LogP contribution is 2.33. The van der Waals surface area contributed by atoms with Crippen LogP contribution < -0.4 is 5.32 Å². The fraction of sp³-hybridized carbons (Fsp3) is 0.562. The van der Waals surface area contributed by atoms with Crippen LogP contribution in [0.4, 0.5) is 17.6 Å². The zero-order valence-corrected chi connectivity index (χ0v) is 12.5. The third kappa shape index (κ3) is 3.20. The van der Waals surface area contributed by atoms with Crippen molar-refractivity contribution < 1.29 is 22.4 Å². The number of nitrogens with zero attached hydrogens (tertiary/aromatic N) is 1. The molecule has 2 fully saturated rings. The number of nitrogens with one attached hydrogen (secondary N) is 1. The van der Waals surface area contributed by atoms with Gasteiger partial charge in [0.1, 0.15) is 5.82 Å². The summed E-state index contributed by atoms with van der Waals surface area (Å²) in [7, 11) is 0. The molecule has 126 valence electrons. The first-order chi connectivity index (χ1) is 10.9. The van der Waals surface area contributed by atoms with Crippen LogP contribution in [0.3, 0.4) is 0 Å². The quantitative estimate of drug-likeness (QED) is 0.803. The molecule has 0 bridgehead atoms. The summed E-state index contributed by atoms with van der Waals surface area (Å²) in [5.41, 5.74) is -1.88. The summed E-state index contributed by atoms with van der Waals surface area (Å²) >= 11 is 0. The highest BCUT2D eigenvalue weighted by molar-refractivity contribution is 5.94. The number of carbonyl (C=O) groups excluding carboxylic acids is 1. The van der Waals surface area contributed by atoms with Gasteiger partial charge in [-0.2, -0.15) is 13.2 Å². The summed E-state index contributed by atoms with van der Waals surface area (Å²) < 4.78 is 52.5. The molecule has 2 heterocycles. The fourth-order valence-corrected chi connectivity index (χ4v) is 3.51. The molecule has 1 aromatic rings. The molecule has 2 atom stereocenters. The van der Waals surface area contributed by atoms with Crippen molar-refractivity contribution in [1.29, 1.82) is 0 Å². The Balaban J connectivity index is 1.81. The van der Waals surface area contributed by atoms with Crippen LogP contribution in [0.5, 0.6) is 0 Å². The van der Waals surface area contributed by atoms with Gasteiger partial charge in [0.15, 0.2) is 0 Å². The van der Waals surface area contributed by atoms with Crippen LogP contribution in [-0.2, 0) is 6.18 Å². The lowest BCUT2D eigenvalue weighted by atomic mass is 9.92. The zero-order chi connectivity index (χ0) is 16.6. The van der Waals surface area contributed by atoms with E-state index in [0.717, 1.165) is 38.1 Å². The Hall–Kier alpha value is -1.63. The van der Waals surface area contributed by atoms with Gasteiger partial charge in [0.05, 0.1) is 11.1 Å². The molecular weight excluding hydrogens is 312 g/mol. The minimum atomic E-state index is -4.80. The van der Waals surface area contributed by atoms with E-state index in [1.165, 1.54) is 4.90 Å². The fourth-order valence-electron chi connectivity index (χ4n) is 3.51. The molecule has 0 spiro atoms. The number of rotatable bonds is 1. The number of likely N-dealkylation sites (tertiary alicyclic amines) is 1. The van der Waals surface area contributed by atoms with Crippen molar-refractivity contribution in [2.24, 2.45) is 11.8 Å². The van der Waals surface area contributed by atoms with E-state index in [-0.39, 0.29) is 0 Å². The number of fused-ring (bicyclic) bond motifs is 1. The van der Waals surface area contributed by atoms with Crippen molar-refractivity contribution in [3.8, 4) is 0 Å². The van der Waals surface area contributed by atoms with Gasteiger partial charge in [-0.05, 0) is 49.9 Å². The summed E-state index contributed by atoms with van der Waals surface area (Å²) in [6.07, 6.45) is -3.21. The Morgan fingerprint density at radius 2 is 1.74 bits per heavy atom. The van der Waals surface area contributed by atoms with E-state index < -0.39 is 29.0 Å². The molecule has 0 aromatic heterocycles. The minimum absolute atomic E-state index is 0.456. The van der Waals surface area contributed by atoms with E-state index in [0.29, 0.717) is 31.0 Å². The van der Waals surface area contributed by atoms with Gasteiger partial charge in [0.2, 0.25) is 0 Å². The molecule has 3 rings (SSSR count). The number of alkyl halides is 3. The molecule has 3 nitrogen and oxygen atoms in total. The number of benzene rings is 1. The van der Waals surface area contributed by atoms with E-state index in [1.54, 1.807) is 0 Å². The van der Waals surface area contributed by atoms with Crippen molar-refractivity contribution >= 4 is 5.91 Å². The van der Waals surface area contributed by atoms with Crippen molar-refractivity contribution in [2.75, 3.05) is 26.2 Å². The van der Waals surface area contributed by atoms with Crippen LogP contribution in [0.2, 0.25) is 0 Å². The van der Waals surface area contributed by atoms with E-state index in [9.17, 15) is 22.4 Å². The number of carbonyl (C=O) groups is 1. The molecular formula is C16H18F4N2O. The third-order valence-electron chi connectivity index (χ3n) is 4.84. The predicted molar refractivity (Wildman–Crippen MR) is 76.4 cm³/mol. The molecule has 0 aliphatic carbocycles. The average molecular weight is 330 g/mol. The number of hydrogen-bond acceptors (Lipinski definition) is 2. The van der Waals surface area contributed by atoms with Gasteiger partial charge in [-0.3, -0.25) is 4.79 Å². The van der Waals surface area contributed by atoms with Gasteiger partial charge >= 0.3 is 6.18 Å². The van der Waals surface area contributed by atoms with Crippen LogP contribution in [0.15, 0.2) is 18.2 Å². The van der Waals surface area contributed by atoms with Crippen LogP contribution in [0.1, 0.15) is 28.8 Å². The lowest BCUT2D eigenvalue weighted by molar-refractivity contribution is -0.140. The summed E-state index contributed by atoms with van der Waals surface area (Å²) in [4.78, 5) is 14.0. The van der Waals surface area contributed by atoms with Crippen molar-refractivity contribution in [1.82, 2.24) is 10.2 Å². The molecule has 2 aliphatic heterocycles. The minimum Gasteiger partial charge on any atom is -0.339 e. The molecule has 1 N–H and O–H groups in total. The van der Waals surface area contributed by atoms with E-state index in [1.807, 2.05) is 0 Å². The second kappa shape index (κ2) is 6.11. The molecule has 1 aromatic carbocycles. The molecule has 0 unspecified atom stereocenters. The summed E-state index contributed by atoms with van der Waals surface area (Å²) in [5, 5.41) is 3.31. The molecule has 23 heavy (non-hydrogen) atoms. The first-order valence-corrected chi connectivity index (χ1v) is 7.73. The normalized spacial score (nSPS) is 25.1. The second-order valence-electron chi connectivity index (χ2n) is 6.21. The lowest BCUT2D eigenvalue weighted by Gasteiger charge is -2.22. The zero-order valence-electron chi connectivity index (χ0n) is 12.5. The maximum atomic E-state index is 14.1. The molecule has 0 saturated carbocycles. The number of halogens is 4. The molecule has 7 heteroatoms. The number of hydrogen-bond donors (Lipinski definition) is 1. The molecule has 1 amide bonds. The van der Waals surface area contributed by atoms with Crippen LogP contribution in [0.25, 0.3) is 0 Å². The second-order valence-corrected chi connectivity index (χ2v) is 6.21. The maximum Gasteiger partial charge on any atom is 0.419 e. The van der Waals surface area contributed by atoms with Crippen molar-refractivity contribution in [3.63, 3.8) is 0 Å². The van der Waals surface area contributed by atoms with Gasteiger partial charge in [0, 0.05) is 13.1 Å². The van der Waals surface area contributed by atoms with Crippen molar-refractivity contribution in [2.45, 2.75) is 19.0 Å². The third-order valence-corrected chi connectivity index (χ3v) is 4.84. The monoisotopic (exact) mass is 330 g/mol. The smallest absolute Gasteiger partial charge is 0.339 e. The van der Waals surface area contributed by atoms with Gasteiger partial charge in [-0.1, -0.05) is 6.07 Å². The Kier molecular flexibility index (Phi) is 4.31. The molecule has 0 radical (unpaired) electrons. The summed E-state index contributed by atoms with van der Waals surface area (Å²) in [6.45, 7) is 2.73. The number of amides is 1. The van der Waals surface area contributed by atoms with Gasteiger partial charge < -0.3 is 10.2 Å². The SMILES string of the molecule is O=C(c1cccc(C(F)(F)F)c1F)N1CC[C@@H]2CNC[C@@H]2CC1. The van der Waals surface area contributed by atoms with Crippen molar-refractivity contribution in [3.05, 3.63) is 35.1 Å². The highest BCUT2D eigenvalue weighted by atomic mass is 19.4. The van der Waals surface area contributed by atoms with Crippen LogP contribution >= 0.6 is 0 Å². The average Bonchev–Trinajstić information content (AvgIpc) is 2.84. The first-order valence-electron chi connectivity index (χ1n) is 7.73. The Labute approximate surface area is 131 Å². The van der Waals surface area contributed by atoms with Gasteiger partial charge in [-0.25, -0.2) is 4.39 Å². The largest absolute Gasteiger partial charge is 0.419 e. The van der Waals surface area contributed by atoms with Gasteiger partial charge in [-0.15, -0.1) is 0 Å². The van der Waals surface area contributed by atoms with E-state index in [2.05, 4.69) is 5.32 Å². The van der Waals surface area contributed by atoms with Gasteiger partial charge in [0.25, 0.3) is 5.91 Å². The predicted octanol–water partition coefficient (Wildman–Crippen LogP) is 2.92. The summed E-state index contributed by atoms with van der Waals surface area (Å²) in [6, 6.07) is 2.86.